The Bertz CT molecular complexity index is 539. The zero-order chi connectivity index (χ0) is 16.1. The van der Waals surface area contributed by atoms with Crippen molar-refractivity contribution in [2.45, 2.75) is 57.3 Å². The van der Waals surface area contributed by atoms with Crippen LogP contribution in [0, 0.1) is 5.92 Å². The maximum absolute atomic E-state index is 11.8. The molecule has 2 rings (SSSR count). The van der Waals surface area contributed by atoms with Gasteiger partial charge in [0.1, 0.15) is 5.82 Å². The Morgan fingerprint density at radius 2 is 2.14 bits per heavy atom. The van der Waals surface area contributed by atoms with E-state index in [4.69, 9.17) is 5.73 Å². The van der Waals surface area contributed by atoms with E-state index in [0.29, 0.717) is 24.1 Å². The van der Waals surface area contributed by atoms with Gasteiger partial charge in [-0.15, -0.1) is 10.2 Å². The van der Waals surface area contributed by atoms with Crippen molar-refractivity contribution in [1.82, 2.24) is 20.1 Å². The second-order valence-electron chi connectivity index (χ2n) is 6.00. The zero-order valence-electron chi connectivity index (χ0n) is 13.0. The number of carbonyl (C=O) groups is 2. The monoisotopic (exact) mass is 325 g/mol. The molecule has 122 valence electrons. The van der Waals surface area contributed by atoms with Gasteiger partial charge in [0.25, 0.3) is 0 Å². The van der Waals surface area contributed by atoms with Crippen LogP contribution in [0.25, 0.3) is 0 Å². The summed E-state index contributed by atoms with van der Waals surface area (Å²) in [7, 11) is 0. The Morgan fingerprint density at radius 1 is 1.41 bits per heavy atom. The number of rotatable bonds is 9. The first-order valence-electron chi connectivity index (χ1n) is 7.58. The molecular formula is C14H23N5O2S. The van der Waals surface area contributed by atoms with Crippen molar-refractivity contribution in [3.63, 3.8) is 0 Å². The lowest BCUT2D eigenvalue weighted by atomic mass is 10.2. The highest BCUT2D eigenvalue weighted by atomic mass is 32.2. The number of hydrogen-bond acceptors (Lipinski definition) is 5. The molecule has 3 N–H and O–H groups in total. The van der Waals surface area contributed by atoms with Crippen molar-refractivity contribution in [2.75, 3.05) is 5.75 Å². The van der Waals surface area contributed by atoms with E-state index in [2.05, 4.69) is 29.4 Å². The van der Waals surface area contributed by atoms with E-state index in [0.717, 1.165) is 30.4 Å². The topological polar surface area (TPSA) is 103 Å². The molecule has 1 saturated carbocycles. The van der Waals surface area contributed by atoms with Crippen LogP contribution in [0.15, 0.2) is 5.16 Å². The summed E-state index contributed by atoms with van der Waals surface area (Å²) < 4.78 is 1.99. The number of thioether (sulfide) groups is 1. The number of amides is 2. The first kappa shape index (κ1) is 16.8. The molecule has 0 unspecified atom stereocenters. The van der Waals surface area contributed by atoms with Gasteiger partial charge >= 0.3 is 0 Å². The highest BCUT2D eigenvalue weighted by Crippen LogP contribution is 2.21. The molecule has 1 aliphatic rings. The van der Waals surface area contributed by atoms with Gasteiger partial charge in [0.15, 0.2) is 5.16 Å². The van der Waals surface area contributed by atoms with Crippen LogP contribution in [-0.2, 0) is 22.6 Å². The average Bonchev–Trinajstić information content (AvgIpc) is 3.16. The predicted octanol–water partition coefficient (Wildman–Crippen LogP) is 0.723. The molecule has 22 heavy (non-hydrogen) atoms. The summed E-state index contributed by atoms with van der Waals surface area (Å²) in [6, 6.07) is 0.368. The minimum absolute atomic E-state index is 0.0327. The van der Waals surface area contributed by atoms with E-state index in [9.17, 15) is 9.59 Å². The lowest BCUT2D eigenvalue weighted by Crippen LogP contribution is -2.27. The number of carbonyl (C=O) groups excluding carboxylic acids is 2. The van der Waals surface area contributed by atoms with Crippen LogP contribution in [-0.4, -0.2) is 38.4 Å². The summed E-state index contributed by atoms with van der Waals surface area (Å²) in [5, 5.41) is 12.0. The second kappa shape index (κ2) is 7.62. The van der Waals surface area contributed by atoms with Gasteiger partial charge in [-0.25, -0.2) is 0 Å². The molecule has 1 aliphatic carbocycles. The van der Waals surface area contributed by atoms with E-state index < -0.39 is 0 Å². The van der Waals surface area contributed by atoms with Gasteiger partial charge in [-0.3, -0.25) is 9.59 Å². The normalized spacial score (nSPS) is 14.3. The Morgan fingerprint density at radius 3 is 2.73 bits per heavy atom. The van der Waals surface area contributed by atoms with Crippen LogP contribution in [0.5, 0.6) is 0 Å². The van der Waals surface area contributed by atoms with Crippen molar-refractivity contribution >= 4 is 23.6 Å². The summed E-state index contributed by atoms with van der Waals surface area (Å²) in [5.41, 5.74) is 5.19. The lowest BCUT2D eigenvalue weighted by molar-refractivity contribution is -0.119. The maximum atomic E-state index is 11.8. The summed E-state index contributed by atoms with van der Waals surface area (Å²) in [4.78, 5) is 22.7. The summed E-state index contributed by atoms with van der Waals surface area (Å²) in [5.74, 6) is 1.19. The number of hydrogen-bond donors (Lipinski definition) is 2. The molecule has 0 atom stereocenters. The van der Waals surface area contributed by atoms with E-state index in [1.54, 1.807) is 0 Å². The molecule has 7 nitrogen and oxygen atoms in total. The standard InChI is InChI=1S/C14H23N5O2S/c1-9(2)7-19-12(6-5-11(15)20)17-18-14(19)22-8-13(21)16-10-3-4-10/h9-10H,3-8H2,1-2H3,(H2,15,20)(H,16,21). The van der Waals surface area contributed by atoms with E-state index in [1.807, 2.05) is 4.57 Å². The SMILES string of the molecule is CC(C)Cn1c(CCC(N)=O)nnc1SCC(=O)NC1CC1. The second-order valence-corrected chi connectivity index (χ2v) is 6.94. The Balaban J connectivity index is 1.98. The quantitative estimate of drug-likeness (QED) is 0.651. The molecule has 1 heterocycles. The third-order valence-corrected chi connectivity index (χ3v) is 4.18. The number of nitrogens with one attached hydrogen (secondary N) is 1. The summed E-state index contributed by atoms with van der Waals surface area (Å²) in [6.07, 6.45) is 2.89. The van der Waals surface area contributed by atoms with E-state index in [1.165, 1.54) is 11.8 Å². The summed E-state index contributed by atoms with van der Waals surface area (Å²) >= 11 is 1.38. The minimum atomic E-state index is -0.350. The lowest BCUT2D eigenvalue weighted by Gasteiger charge is -2.12. The highest BCUT2D eigenvalue weighted by Gasteiger charge is 2.23. The maximum Gasteiger partial charge on any atom is 0.230 e. The molecule has 0 spiro atoms. The smallest absolute Gasteiger partial charge is 0.230 e. The molecule has 0 radical (unpaired) electrons. The first-order chi connectivity index (χ1) is 10.5. The van der Waals surface area contributed by atoms with Gasteiger partial charge in [0.2, 0.25) is 11.8 Å². The minimum Gasteiger partial charge on any atom is -0.370 e. The molecule has 1 aromatic heterocycles. The molecule has 1 fully saturated rings. The van der Waals surface area contributed by atoms with Gasteiger partial charge < -0.3 is 15.6 Å². The van der Waals surface area contributed by atoms with Crippen molar-refractivity contribution in [2.24, 2.45) is 11.7 Å². The molecular weight excluding hydrogens is 302 g/mol. The van der Waals surface area contributed by atoms with Gasteiger partial charge in [-0.1, -0.05) is 25.6 Å². The first-order valence-corrected chi connectivity index (χ1v) is 8.56. The molecule has 0 aliphatic heterocycles. The Hall–Kier alpha value is -1.57. The fourth-order valence-electron chi connectivity index (χ4n) is 2.02. The molecule has 0 aromatic carbocycles. The van der Waals surface area contributed by atoms with Gasteiger partial charge in [-0.05, 0) is 18.8 Å². The molecule has 0 bridgehead atoms. The van der Waals surface area contributed by atoms with Crippen LogP contribution >= 0.6 is 11.8 Å². The third-order valence-electron chi connectivity index (χ3n) is 3.21. The number of primary amides is 1. The largest absolute Gasteiger partial charge is 0.370 e. The van der Waals surface area contributed by atoms with Gasteiger partial charge in [0, 0.05) is 25.4 Å². The highest BCUT2D eigenvalue weighted by molar-refractivity contribution is 7.99. The van der Waals surface area contributed by atoms with Crippen molar-refractivity contribution in [3.8, 4) is 0 Å². The number of aromatic nitrogens is 3. The van der Waals surface area contributed by atoms with Gasteiger partial charge in [0.05, 0.1) is 5.75 Å². The number of nitrogens with zero attached hydrogens (tertiary/aromatic N) is 3. The fourth-order valence-corrected chi connectivity index (χ4v) is 2.80. The Kier molecular flexibility index (Phi) is 5.82. The zero-order valence-corrected chi connectivity index (χ0v) is 13.9. The number of aryl methyl sites for hydroxylation is 1. The van der Waals surface area contributed by atoms with E-state index >= 15 is 0 Å². The van der Waals surface area contributed by atoms with Crippen LogP contribution < -0.4 is 11.1 Å². The van der Waals surface area contributed by atoms with Crippen molar-refractivity contribution in [1.29, 1.82) is 0 Å². The van der Waals surface area contributed by atoms with Crippen LogP contribution in [0.2, 0.25) is 0 Å². The fraction of sp³-hybridized carbons (Fsp3) is 0.714. The third kappa shape index (κ3) is 5.32. The molecule has 0 saturated heterocycles. The average molecular weight is 325 g/mol. The van der Waals surface area contributed by atoms with E-state index in [-0.39, 0.29) is 18.2 Å². The van der Waals surface area contributed by atoms with Crippen LogP contribution in [0.4, 0.5) is 0 Å². The number of nitrogens with two attached hydrogens (primary N) is 1. The molecule has 2 amide bonds. The Labute approximate surface area is 134 Å². The molecule has 1 aromatic rings. The van der Waals surface area contributed by atoms with Crippen molar-refractivity contribution in [3.05, 3.63) is 5.82 Å². The van der Waals surface area contributed by atoms with Crippen molar-refractivity contribution < 1.29 is 9.59 Å². The van der Waals surface area contributed by atoms with Crippen LogP contribution in [0.1, 0.15) is 38.9 Å². The molecule has 8 heteroatoms. The predicted molar refractivity (Wildman–Crippen MR) is 84.3 cm³/mol. The van der Waals surface area contributed by atoms with Crippen LogP contribution in [0.3, 0.4) is 0 Å². The summed E-state index contributed by atoms with van der Waals surface area (Å²) in [6.45, 7) is 4.96. The van der Waals surface area contributed by atoms with Gasteiger partial charge in [-0.2, -0.15) is 0 Å².